The van der Waals surface area contributed by atoms with E-state index in [1.165, 1.54) is 12.1 Å². The first-order valence-corrected chi connectivity index (χ1v) is 7.40. The third-order valence-corrected chi connectivity index (χ3v) is 3.57. The largest absolute Gasteiger partial charge is 0.480 e. The summed E-state index contributed by atoms with van der Waals surface area (Å²) in [7, 11) is 0. The number of carbonyl (C=O) groups is 2. The maximum atomic E-state index is 13.5. The second-order valence-electron chi connectivity index (χ2n) is 4.71. The second kappa shape index (κ2) is 7.97. The number of halogens is 2. The van der Waals surface area contributed by atoms with E-state index >= 15 is 0 Å². The summed E-state index contributed by atoms with van der Waals surface area (Å²) < 4.78 is 13.8. The number of carboxylic acid groups (broad SMARTS) is 1. The van der Waals surface area contributed by atoms with Crippen LogP contribution in [-0.2, 0) is 4.79 Å². The van der Waals surface area contributed by atoms with Crippen molar-refractivity contribution in [2.75, 3.05) is 5.32 Å². The molecule has 7 heteroatoms. The number of carbonyl (C=O) groups excluding carboxylic acids is 1. The number of unbranched alkanes of at least 4 members (excludes halogenated alkanes) is 1. The Balaban J connectivity index is 2.72. The summed E-state index contributed by atoms with van der Waals surface area (Å²) in [5.74, 6) is -1.59. The Morgan fingerprint density at radius 1 is 1.43 bits per heavy atom. The van der Waals surface area contributed by atoms with Gasteiger partial charge in [-0.2, -0.15) is 0 Å². The Labute approximate surface area is 131 Å². The molecule has 1 aromatic carbocycles. The van der Waals surface area contributed by atoms with Gasteiger partial charge in [0.05, 0.1) is 4.47 Å². The van der Waals surface area contributed by atoms with Gasteiger partial charge in [0.15, 0.2) is 0 Å². The molecule has 0 spiro atoms. The van der Waals surface area contributed by atoms with Crippen molar-refractivity contribution in [2.24, 2.45) is 0 Å². The number of rotatable bonds is 6. The maximum absolute atomic E-state index is 13.5. The van der Waals surface area contributed by atoms with Gasteiger partial charge in [0.1, 0.15) is 11.9 Å². The number of aryl methyl sites for hydroxylation is 1. The first-order valence-electron chi connectivity index (χ1n) is 6.61. The van der Waals surface area contributed by atoms with E-state index < -0.39 is 23.9 Å². The van der Waals surface area contributed by atoms with E-state index in [-0.39, 0.29) is 0 Å². The molecule has 1 atom stereocenters. The molecular formula is C14H18BrFN2O3. The molecule has 21 heavy (non-hydrogen) atoms. The highest BCUT2D eigenvalue weighted by Gasteiger charge is 2.19. The number of hydrogen-bond acceptors (Lipinski definition) is 2. The van der Waals surface area contributed by atoms with Crippen LogP contribution in [0.3, 0.4) is 0 Å². The van der Waals surface area contributed by atoms with E-state index in [0.717, 1.165) is 6.42 Å². The van der Waals surface area contributed by atoms with Crippen molar-refractivity contribution in [3.63, 3.8) is 0 Å². The molecule has 0 fully saturated rings. The molecule has 5 nitrogen and oxygen atoms in total. The van der Waals surface area contributed by atoms with Crippen molar-refractivity contribution in [3.8, 4) is 0 Å². The highest BCUT2D eigenvalue weighted by molar-refractivity contribution is 9.10. The Morgan fingerprint density at radius 2 is 2.10 bits per heavy atom. The molecule has 0 aliphatic heterocycles. The molecule has 0 aliphatic rings. The molecule has 0 heterocycles. The third kappa shape index (κ3) is 5.34. The highest BCUT2D eigenvalue weighted by atomic mass is 79.9. The monoisotopic (exact) mass is 360 g/mol. The van der Waals surface area contributed by atoms with Gasteiger partial charge < -0.3 is 15.7 Å². The lowest BCUT2D eigenvalue weighted by Crippen LogP contribution is -2.43. The summed E-state index contributed by atoms with van der Waals surface area (Å²) in [5, 5.41) is 13.9. The molecule has 0 aliphatic carbocycles. The summed E-state index contributed by atoms with van der Waals surface area (Å²) in [6, 6.07) is 1.10. The zero-order chi connectivity index (χ0) is 16.0. The quantitative estimate of drug-likeness (QED) is 0.724. The Kier molecular flexibility index (Phi) is 6.61. The van der Waals surface area contributed by atoms with E-state index in [1.807, 2.05) is 6.92 Å². The molecule has 0 bridgehead atoms. The summed E-state index contributed by atoms with van der Waals surface area (Å²) in [6.45, 7) is 3.65. The number of benzene rings is 1. The predicted molar refractivity (Wildman–Crippen MR) is 81.9 cm³/mol. The molecule has 3 N–H and O–H groups in total. The van der Waals surface area contributed by atoms with E-state index in [1.54, 1.807) is 6.92 Å². The number of aliphatic carboxylic acids is 1. The Morgan fingerprint density at radius 3 is 2.67 bits per heavy atom. The minimum Gasteiger partial charge on any atom is -0.480 e. The molecule has 1 aromatic rings. The van der Waals surface area contributed by atoms with Crippen LogP contribution in [0.15, 0.2) is 16.6 Å². The summed E-state index contributed by atoms with van der Waals surface area (Å²) >= 11 is 3.05. The number of carboxylic acids is 1. The first kappa shape index (κ1) is 17.4. The minimum atomic E-state index is -1.09. The molecule has 0 saturated carbocycles. The van der Waals surface area contributed by atoms with Crippen molar-refractivity contribution >= 4 is 33.6 Å². The fraction of sp³-hybridized carbons (Fsp3) is 0.429. The van der Waals surface area contributed by atoms with Crippen LogP contribution >= 0.6 is 15.9 Å². The highest BCUT2D eigenvalue weighted by Crippen LogP contribution is 2.23. The minimum absolute atomic E-state index is 0.299. The SMILES string of the molecule is CCCCC(NC(=O)Nc1cc(F)c(Br)cc1C)C(=O)O. The van der Waals surface area contributed by atoms with Gasteiger partial charge in [0, 0.05) is 5.69 Å². The number of amides is 2. The van der Waals surface area contributed by atoms with Crippen molar-refractivity contribution in [2.45, 2.75) is 39.2 Å². The van der Waals surface area contributed by atoms with E-state index in [9.17, 15) is 14.0 Å². The van der Waals surface area contributed by atoms with Crippen molar-refractivity contribution in [1.29, 1.82) is 0 Å². The van der Waals surface area contributed by atoms with Crippen molar-refractivity contribution < 1.29 is 19.1 Å². The zero-order valence-corrected chi connectivity index (χ0v) is 13.5. The predicted octanol–water partition coefficient (Wildman–Crippen LogP) is 3.66. The average Bonchev–Trinajstić information content (AvgIpc) is 2.40. The van der Waals surface area contributed by atoms with E-state index in [2.05, 4.69) is 26.6 Å². The van der Waals surface area contributed by atoms with Crippen LogP contribution in [0.1, 0.15) is 31.7 Å². The molecule has 1 unspecified atom stereocenters. The zero-order valence-electron chi connectivity index (χ0n) is 11.9. The third-order valence-electron chi connectivity index (χ3n) is 2.97. The Bertz CT molecular complexity index is 537. The van der Waals surface area contributed by atoms with E-state index in [4.69, 9.17) is 5.11 Å². The topological polar surface area (TPSA) is 78.4 Å². The fourth-order valence-corrected chi connectivity index (χ4v) is 2.22. The van der Waals surface area contributed by atoms with Crippen LogP contribution in [0.5, 0.6) is 0 Å². The van der Waals surface area contributed by atoms with Crippen LogP contribution in [-0.4, -0.2) is 23.1 Å². The smallest absolute Gasteiger partial charge is 0.326 e. The maximum Gasteiger partial charge on any atom is 0.326 e. The van der Waals surface area contributed by atoms with Gasteiger partial charge in [-0.05, 0) is 47.0 Å². The van der Waals surface area contributed by atoms with Gasteiger partial charge in [-0.15, -0.1) is 0 Å². The molecule has 0 radical (unpaired) electrons. The van der Waals surface area contributed by atoms with Gasteiger partial charge in [-0.25, -0.2) is 14.0 Å². The lowest BCUT2D eigenvalue weighted by molar-refractivity contribution is -0.139. The fourth-order valence-electron chi connectivity index (χ4n) is 1.76. The number of urea groups is 1. The number of nitrogens with one attached hydrogen (secondary N) is 2. The molecule has 1 rings (SSSR count). The first-order chi connectivity index (χ1) is 9.85. The molecule has 2 amide bonds. The van der Waals surface area contributed by atoms with Gasteiger partial charge in [-0.3, -0.25) is 0 Å². The van der Waals surface area contributed by atoms with Gasteiger partial charge in [-0.1, -0.05) is 19.8 Å². The normalized spacial score (nSPS) is 11.8. The average molecular weight is 361 g/mol. The summed E-state index contributed by atoms with van der Waals surface area (Å²) in [4.78, 5) is 22.9. The standard InChI is InChI=1S/C14H18BrFN2O3/c1-3-4-5-11(13(19)20)17-14(21)18-12-7-10(16)9(15)6-8(12)2/h6-7,11H,3-5H2,1-2H3,(H,19,20)(H2,17,18,21). The lowest BCUT2D eigenvalue weighted by Gasteiger charge is -2.16. The van der Waals surface area contributed by atoms with Crippen molar-refractivity contribution in [3.05, 3.63) is 28.0 Å². The van der Waals surface area contributed by atoms with Gasteiger partial charge in [0.25, 0.3) is 0 Å². The summed E-state index contributed by atoms with van der Waals surface area (Å²) in [5.41, 5.74) is 0.965. The van der Waals surface area contributed by atoms with Gasteiger partial charge in [0.2, 0.25) is 0 Å². The van der Waals surface area contributed by atoms with Crippen LogP contribution in [0.2, 0.25) is 0 Å². The molecule has 116 valence electrons. The number of anilines is 1. The van der Waals surface area contributed by atoms with Crippen LogP contribution in [0.25, 0.3) is 0 Å². The molecular weight excluding hydrogens is 343 g/mol. The van der Waals surface area contributed by atoms with Gasteiger partial charge >= 0.3 is 12.0 Å². The Hall–Kier alpha value is -1.63. The van der Waals surface area contributed by atoms with E-state index in [0.29, 0.717) is 28.6 Å². The summed E-state index contributed by atoms with van der Waals surface area (Å²) in [6.07, 6.45) is 1.89. The van der Waals surface area contributed by atoms with Crippen molar-refractivity contribution in [1.82, 2.24) is 5.32 Å². The van der Waals surface area contributed by atoms with Crippen LogP contribution in [0.4, 0.5) is 14.9 Å². The lowest BCUT2D eigenvalue weighted by atomic mass is 10.1. The van der Waals surface area contributed by atoms with Crippen LogP contribution < -0.4 is 10.6 Å². The number of hydrogen-bond donors (Lipinski definition) is 3. The molecule has 0 aromatic heterocycles. The molecule has 0 saturated heterocycles. The second-order valence-corrected chi connectivity index (χ2v) is 5.57. The van der Waals surface area contributed by atoms with Crippen LogP contribution in [0, 0.1) is 12.7 Å².